The maximum absolute atomic E-state index is 12.5. The van der Waals surface area contributed by atoms with Gasteiger partial charge in [-0.2, -0.15) is 0 Å². The normalized spacial score (nSPS) is 17.5. The highest BCUT2D eigenvalue weighted by atomic mass is 16.5. The summed E-state index contributed by atoms with van der Waals surface area (Å²) >= 11 is 0. The van der Waals surface area contributed by atoms with Gasteiger partial charge < -0.3 is 14.8 Å². The number of ether oxygens (including phenoxy) is 2. The molecule has 1 amide bonds. The van der Waals surface area contributed by atoms with Crippen molar-refractivity contribution in [2.45, 2.75) is 25.4 Å². The summed E-state index contributed by atoms with van der Waals surface area (Å²) in [6.45, 7) is 1.28. The molecular formula is C19H21NO3. The van der Waals surface area contributed by atoms with E-state index in [9.17, 15) is 4.79 Å². The Balaban J connectivity index is 1.66. The number of anilines is 1. The second-order valence-electron chi connectivity index (χ2n) is 5.62. The minimum Gasteiger partial charge on any atom is -0.490 e. The zero-order chi connectivity index (χ0) is 15.9. The molecular weight excluding hydrogens is 290 g/mol. The molecule has 1 aliphatic rings. The Labute approximate surface area is 136 Å². The number of amides is 1. The first-order valence-electron chi connectivity index (χ1n) is 8.03. The van der Waals surface area contributed by atoms with Crippen molar-refractivity contribution in [1.29, 1.82) is 0 Å². The smallest absolute Gasteiger partial charge is 0.259 e. The number of para-hydroxylation sites is 2. The lowest BCUT2D eigenvalue weighted by Crippen LogP contribution is -2.26. The lowest BCUT2D eigenvalue weighted by molar-refractivity contribution is -0.0112. The standard InChI is InChI=1S/C19H21NO3/c21-19(20-15-8-2-1-3-9-15)17-11-4-5-12-18(17)23-14-16-10-6-7-13-22-16/h1-5,8-9,11-12,16H,6-7,10,13-14H2,(H,20,21). The summed E-state index contributed by atoms with van der Waals surface area (Å²) in [6, 6.07) is 16.7. The van der Waals surface area contributed by atoms with Crippen LogP contribution in [0.2, 0.25) is 0 Å². The number of benzene rings is 2. The average Bonchev–Trinajstić information content (AvgIpc) is 2.62. The monoisotopic (exact) mass is 311 g/mol. The molecule has 1 saturated heterocycles. The van der Waals surface area contributed by atoms with Crippen molar-refractivity contribution in [1.82, 2.24) is 0 Å². The van der Waals surface area contributed by atoms with E-state index in [4.69, 9.17) is 9.47 Å². The Hall–Kier alpha value is -2.33. The Morgan fingerprint density at radius 3 is 2.65 bits per heavy atom. The molecule has 4 heteroatoms. The summed E-state index contributed by atoms with van der Waals surface area (Å²) in [4.78, 5) is 12.5. The number of nitrogens with one attached hydrogen (secondary N) is 1. The largest absolute Gasteiger partial charge is 0.490 e. The van der Waals surface area contributed by atoms with Crippen LogP contribution in [0.25, 0.3) is 0 Å². The Morgan fingerprint density at radius 2 is 1.87 bits per heavy atom. The molecule has 1 aliphatic heterocycles. The quantitative estimate of drug-likeness (QED) is 0.911. The van der Waals surface area contributed by atoms with Crippen LogP contribution in [0, 0.1) is 0 Å². The van der Waals surface area contributed by atoms with E-state index in [0.29, 0.717) is 17.9 Å². The highest BCUT2D eigenvalue weighted by Crippen LogP contribution is 2.21. The van der Waals surface area contributed by atoms with E-state index < -0.39 is 0 Å². The van der Waals surface area contributed by atoms with Crippen LogP contribution < -0.4 is 10.1 Å². The molecule has 0 aromatic heterocycles. The van der Waals surface area contributed by atoms with Crippen molar-refractivity contribution in [3.63, 3.8) is 0 Å². The van der Waals surface area contributed by atoms with Crippen LogP contribution in [0.4, 0.5) is 5.69 Å². The second-order valence-corrected chi connectivity index (χ2v) is 5.62. The molecule has 120 valence electrons. The predicted octanol–water partition coefficient (Wildman–Crippen LogP) is 3.89. The van der Waals surface area contributed by atoms with Crippen LogP contribution in [-0.4, -0.2) is 25.2 Å². The first-order chi connectivity index (χ1) is 11.3. The maximum atomic E-state index is 12.5. The molecule has 1 unspecified atom stereocenters. The molecule has 1 heterocycles. The maximum Gasteiger partial charge on any atom is 0.259 e. The van der Waals surface area contributed by atoms with Crippen LogP contribution in [0.1, 0.15) is 29.6 Å². The van der Waals surface area contributed by atoms with Crippen molar-refractivity contribution >= 4 is 11.6 Å². The number of hydrogen-bond acceptors (Lipinski definition) is 3. The average molecular weight is 311 g/mol. The van der Waals surface area contributed by atoms with E-state index in [1.54, 1.807) is 6.07 Å². The van der Waals surface area contributed by atoms with Gasteiger partial charge in [0.2, 0.25) is 0 Å². The lowest BCUT2D eigenvalue weighted by atomic mass is 10.1. The van der Waals surface area contributed by atoms with E-state index in [0.717, 1.165) is 25.1 Å². The Bertz CT molecular complexity index is 636. The van der Waals surface area contributed by atoms with Gasteiger partial charge in [0.05, 0.1) is 11.7 Å². The highest BCUT2D eigenvalue weighted by molar-refractivity contribution is 6.06. The first-order valence-corrected chi connectivity index (χ1v) is 8.03. The molecule has 23 heavy (non-hydrogen) atoms. The van der Waals surface area contributed by atoms with Gasteiger partial charge in [-0.25, -0.2) is 0 Å². The van der Waals surface area contributed by atoms with Crippen molar-refractivity contribution < 1.29 is 14.3 Å². The predicted molar refractivity (Wildman–Crippen MR) is 89.9 cm³/mol. The fraction of sp³-hybridized carbons (Fsp3) is 0.316. The molecule has 1 atom stereocenters. The Morgan fingerprint density at radius 1 is 1.09 bits per heavy atom. The molecule has 1 fully saturated rings. The topological polar surface area (TPSA) is 47.6 Å². The van der Waals surface area contributed by atoms with Gasteiger partial charge in [-0.15, -0.1) is 0 Å². The summed E-state index contributed by atoms with van der Waals surface area (Å²) in [6.07, 6.45) is 3.42. The molecule has 3 rings (SSSR count). The van der Waals surface area contributed by atoms with Gasteiger partial charge in [0.1, 0.15) is 12.4 Å². The van der Waals surface area contributed by atoms with Crippen LogP contribution in [0.3, 0.4) is 0 Å². The molecule has 0 saturated carbocycles. The van der Waals surface area contributed by atoms with Gasteiger partial charge in [-0.05, 0) is 43.5 Å². The number of carbonyl (C=O) groups is 1. The van der Waals surface area contributed by atoms with Gasteiger partial charge in [0, 0.05) is 12.3 Å². The van der Waals surface area contributed by atoms with Crippen molar-refractivity contribution in [3.8, 4) is 5.75 Å². The SMILES string of the molecule is O=C(Nc1ccccc1)c1ccccc1OCC1CCCCO1. The van der Waals surface area contributed by atoms with Gasteiger partial charge in [-0.3, -0.25) is 4.79 Å². The van der Waals surface area contributed by atoms with Crippen LogP contribution >= 0.6 is 0 Å². The van der Waals surface area contributed by atoms with Gasteiger partial charge in [-0.1, -0.05) is 30.3 Å². The number of rotatable bonds is 5. The summed E-state index contributed by atoms with van der Waals surface area (Å²) in [7, 11) is 0. The van der Waals surface area contributed by atoms with Crippen LogP contribution in [0.5, 0.6) is 5.75 Å². The molecule has 2 aromatic carbocycles. The fourth-order valence-corrected chi connectivity index (χ4v) is 2.62. The lowest BCUT2D eigenvalue weighted by Gasteiger charge is -2.23. The second kappa shape index (κ2) is 7.79. The van der Waals surface area contributed by atoms with E-state index in [1.807, 2.05) is 48.5 Å². The third-order valence-electron chi connectivity index (χ3n) is 3.86. The van der Waals surface area contributed by atoms with Gasteiger partial charge in [0.15, 0.2) is 0 Å². The minimum atomic E-state index is -0.170. The molecule has 2 aromatic rings. The first kappa shape index (κ1) is 15.6. The van der Waals surface area contributed by atoms with Crippen LogP contribution in [0.15, 0.2) is 54.6 Å². The summed E-state index contributed by atoms with van der Waals surface area (Å²) < 4.78 is 11.5. The zero-order valence-electron chi connectivity index (χ0n) is 13.0. The molecule has 0 radical (unpaired) electrons. The van der Waals surface area contributed by atoms with Crippen molar-refractivity contribution in [2.24, 2.45) is 0 Å². The molecule has 1 N–H and O–H groups in total. The Kier molecular flexibility index (Phi) is 5.27. The third-order valence-corrected chi connectivity index (χ3v) is 3.86. The third kappa shape index (κ3) is 4.33. The number of carbonyl (C=O) groups excluding carboxylic acids is 1. The van der Waals surface area contributed by atoms with Crippen LogP contribution in [-0.2, 0) is 4.74 Å². The van der Waals surface area contributed by atoms with Crippen molar-refractivity contribution in [3.05, 3.63) is 60.2 Å². The van der Waals surface area contributed by atoms with E-state index >= 15 is 0 Å². The molecule has 0 aliphatic carbocycles. The van der Waals surface area contributed by atoms with E-state index in [2.05, 4.69) is 5.32 Å². The van der Waals surface area contributed by atoms with Gasteiger partial charge in [0.25, 0.3) is 5.91 Å². The van der Waals surface area contributed by atoms with Crippen molar-refractivity contribution in [2.75, 3.05) is 18.5 Å². The molecule has 0 spiro atoms. The zero-order valence-corrected chi connectivity index (χ0v) is 13.0. The summed E-state index contributed by atoms with van der Waals surface area (Å²) in [5, 5.41) is 2.89. The highest BCUT2D eigenvalue weighted by Gasteiger charge is 2.17. The number of hydrogen-bond donors (Lipinski definition) is 1. The molecule has 0 bridgehead atoms. The minimum absolute atomic E-state index is 0.119. The molecule has 4 nitrogen and oxygen atoms in total. The summed E-state index contributed by atoms with van der Waals surface area (Å²) in [5.41, 5.74) is 1.30. The summed E-state index contributed by atoms with van der Waals surface area (Å²) in [5.74, 6) is 0.423. The van der Waals surface area contributed by atoms with E-state index in [-0.39, 0.29) is 12.0 Å². The van der Waals surface area contributed by atoms with E-state index in [1.165, 1.54) is 6.42 Å². The fourth-order valence-electron chi connectivity index (χ4n) is 2.62. The van der Waals surface area contributed by atoms with Gasteiger partial charge >= 0.3 is 0 Å².